The molecule has 220 valence electrons. The van der Waals surface area contributed by atoms with Gasteiger partial charge in [-0.2, -0.15) is 4.98 Å². The Morgan fingerprint density at radius 1 is 1.12 bits per heavy atom. The molecule has 0 spiro atoms. The summed E-state index contributed by atoms with van der Waals surface area (Å²) >= 11 is 0. The number of hydrogen-bond acceptors (Lipinski definition) is 10. The van der Waals surface area contributed by atoms with Gasteiger partial charge >= 0.3 is 0 Å². The number of nitrogens with one attached hydrogen (secondary N) is 2. The van der Waals surface area contributed by atoms with Crippen LogP contribution in [0.3, 0.4) is 0 Å². The van der Waals surface area contributed by atoms with E-state index in [1.54, 1.807) is 30.6 Å². The average Bonchev–Trinajstić information content (AvgIpc) is 2.97. The monoisotopic (exact) mass is 587 g/mol. The van der Waals surface area contributed by atoms with Crippen LogP contribution in [0, 0.1) is 6.92 Å². The van der Waals surface area contributed by atoms with Gasteiger partial charge in [0.05, 0.1) is 17.5 Å². The third-order valence-corrected chi connectivity index (χ3v) is 8.83. The van der Waals surface area contributed by atoms with E-state index >= 15 is 0 Å². The zero-order valence-electron chi connectivity index (χ0n) is 24.4. The quantitative estimate of drug-likeness (QED) is 0.251. The van der Waals surface area contributed by atoms with E-state index in [-0.39, 0.29) is 6.04 Å². The molecule has 0 aliphatic carbocycles. The van der Waals surface area contributed by atoms with E-state index in [1.165, 1.54) is 28.8 Å². The Morgan fingerprint density at radius 3 is 2.55 bits per heavy atom. The van der Waals surface area contributed by atoms with Gasteiger partial charge in [-0.05, 0) is 61.6 Å². The first-order valence-corrected chi connectivity index (χ1v) is 15.8. The van der Waals surface area contributed by atoms with E-state index in [4.69, 9.17) is 10.7 Å². The van der Waals surface area contributed by atoms with E-state index < -0.39 is 10.0 Å². The predicted octanol–water partition coefficient (Wildman–Crippen LogP) is 4.74. The number of nitrogens with two attached hydrogens (primary N) is 1. The van der Waals surface area contributed by atoms with Crippen LogP contribution in [-0.2, 0) is 16.4 Å². The molecule has 4 N–H and O–H groups in total. The summed E-state index contributed by atoms with van der Waals surface area (Å²) in [4.78, 5) is 20.5. The molecule has 12 heteroatoms. The third kappa shape index (κ3) is 6.00. The normalized spacial score (nSPS) is 14.2. The minimum absolute atomic E-state index is 0.275. The molecule has 2 aromatic carbocycles. The second-order valence-corrected chi connectivity index (χ2v) is 12.6. The Hall–Kier alpha value is -4.29. The lowest BCUT2D eigenvalue weighted by atomic mass is 10.0. The van der Waals surface area contributed by atoms with Gasteiger partial charge in [0.15, 0.2) is 0 Å². The van der Waals surface area contributed by atoms with Crippen molar-refractivity contribution in [1.82, 2.24) is 19.9 Å². The SMILES string of the molecule is C=Cc1cnc(Nc2cc(CC)c(N3CCC(N)CC3)cc2C)nc1Nc1ccc2nccnc2c1N(C)S(C)(=O)=O. The molecule has 1 aliphatic rings. The molecule has 0 amide bonds. The zero-order chi connectivity index (χ0) is 30.0. The van der Waals surface area contributed by atoms with Crippen LogP contribution < -0.4 is 25.6 Å². The lowest BCUT2D eigenvalue weighted by Gasteiger charge is -2.34. The zero-order valence-corrected chi connectivity index (χ0v) is 25.2. The second kappa shape index (κ2) is 11.9. The first kappa shape index (κ1) is 29.2. The summed E-state index contributed by atoms with van der Waals surface area (Å²) in [6, 6.07) is 8.21. The van der Waals surface area contributed by atoms with Gasteiger partial charge in [0, 0.05) is 61.7 Å². The van der Waals surface area contributed by atoms with Crippen LogP contribution >= 0.6 is 0 Å². The van der Waals surface area contributed by atoms with Crippen molar-refractivity contribution in [3.05, 3.63) is 66.1 Å². The van der Waals surface area contributed by atoms with Crippen molar-refractivity contribution >= 4 is 61.6 Å². The maximum Gasteiger partial charge on any atom is 0.232 e. The Bertz CT molecular complexity index is 1730. The molecule has 0 radical (unpaired) electrons. The van der Waals surface area contributed by atoms with Crippen LogP contribution in [0.2, 0.25) is 0 Å². The molecular formula is C30H37N9O2S. The Labute approximate surface area is 247 Å². The molecule has 4 aromatic rings. The van der Waals surface area contributed by atoms with Crippen LogP contribution in [0.4, 0.5) is 34.5 Å². The van der Waals surface area contributed by atoms with Crippen LogP contribution in [0.25, 0.3) is 17.1 Å². The van der Waals surface area contributed by atoms with E-state index in [0.29, 0.717) is 39.7 Å². The molecule has 11 nitrogen and oxygen atoms in total. The highest BCUT2D eigenvalue weighted by Gasteiger charge is 2.22. The number of nitrogens with zero attached hydrogens (tertiary/aromatic N) is 6. The molecule has 0 bridgehead atoms. The number of fused-ring (bicyclic) bond motifs is 1. The van der Waals surface area contributed by atoms with Crippen molar-refractivity contribution in [3.63, 3.8) is 0 Å². The fourth-order valence-electron chi connectivity index (χ4n) is 5.15. The van der Waals surface area contributed by atoms with Crippen LogP contribution in [-0.4, -0.2) is 60.8 Å². The van der Waals surface area contributed by atoms with E-state index in [9.17, 15) is 8.42 Å². The summed E-state index contributed by atoms with van der Waals surface area (Å²) in [5, 5.41) is 6.69. The largest absolute Gasteiger partial charge is 0.371 e. The average molecular weight is 588 g/mol. The number of piperidine rings is 1. The topological polar surface area (TPSA) is 142 Å². The molecule has 5 rings (SSSR count). The van der Waals surface area contributed by atoms with Crippen molar-refractivity contribution in [3.8, 4) is 0 Å². The molecule has 0 atom stereocenters. The second-order valence-electron chi connectivity index (χ2n) is 10.5. The Kier molecular flexibility index (Phi) is 8.28. The van der Waals surface area contributed by atoms with Crippen LogP contribution in [0.1, 0.15) is 36.5 Å². The smallest absolute Gasteiger partial charge is 0.232 e. The van der Waals surface area contributed by atoms with E-state index in [1.807, 2.05) is 0 Å². The summed E-state index contributed by atoms with van der Waals surface area (Å²) in [6.45, 7) is 10.0. The Balaban J connectivity index is 1.50. The van der Waals surface area contributed by atoms with Gasteiger partial charge in [-0.15, -0.1) is 0 Å². The number of aryl methyl sites for hydroxylation is 2. The molecule has 1 saturated heterocycles. The first-order valence-electron chi connectivity index (χ1n) is 13.9. The first-order chi connectivity index (χ1) is 20.1. The predicted molar refractivity (Wildman–Crippen MR) is 171 cm³/mol. The Morgan fingerprint density at radius 2 is 1.86 bits per heavy atom. The van der Waals surface area contributed by atoms with Gasteiger partial charge in [0.25, 0.3) is 0 Å². The molecule has 0 saturated carbocycles. The van der Waals surface area contributed by atoms with Crippen LogP contribution in [0.5, 0.6) is 0 Å². The summed E-state index contributed by atoms with van der Waals surface area (Å²) in [6.07, 6.45) is 10.4. The fourth-order valence-corrected chi connectivity index (χ4v) is 5.66. The van der Waals surface area contributed by atoms with Crippen molar-refractivity contribution in [2.45, 2.75) is 39.2 Å². The highest BCUT2D eigenvalue weighted by Crippen LogP contribution is 2.36. The molecular weight excluding hydrogens is 550 g/mol. The minimum Gasteiger partial charge on any atom is -0.371 e. The molecule has 1 fully saturated rings. The lowest BCUT2D eigenvalue weighted by Crippen LogP contribution is -2.40. The molecule has 3 heterocycles. The number of anilines is 6. The summed E-state index contributed by atoms with van der Waals surface area (Å²) < 4.78 is 26.3. The van der Waals surface area contributed by atoms with Gasteiger partial charge in [0.2, 0.25) is 16.0 Å². The van der Waals surface area contributed by atoms with Gasteiger partial charge in [0.1, 0.15) is 17.0 Å². The van der Waals surface area contributed by atoms with Crippen molar-refractivity contribution < 1.29 is 8.42 Å². The maximum absolute atomic E-state index is 12.6. The number of sulfonamides is 1. The van der Waals surface area contributed by atoms with Crippen molar-refractivity contribution in [1.29, 1.82) is 0 Å². The fraction of sp³-hybridized carbons (Fsp3) is 0.333. The molecule has 1 aliphatic heterocycles. The van der Waals surface area contributed by atoms with Crippen LogP contribution in [0.15, 0.2) is 49.4 Å². The number of benzene rings is 2. The summed E-state index contributed by atoms with van der Waals surface area (Å²) in [5.41, 5.74) is 13.2. The van der Waals surface area contributed by atoms with Crippen molar-refractivity contribution in [2.75, 3.05) is 46.2 Å². The minimum atomic E-state index is -3.60. The third-order valence-electron chi connectivity index (χ3n) is 7.65. The number of rotatable bonds is 9. The van der Waals surface area contributed by atoms with E-state index in [2.05, 4.69) is 63.0 Å². The van der Waals surface area contributed by atoms with Gasteiger partial charge in [-0.1, -0.05) is 19.6 Å². The van der Waals surface area contributed by atoms with Gasteiger partial charge in [-0.25, -0.2) is 13.4 Å². The number of hydrogen-bond donors (Lipinski definition) is 3. The highest BCUT2D eigenvalue weighted by atomic mass is 32.2. The summed E-state index contributed by atoms with van der Waals surface area (Å²) in [5.74, 6) is 0.854. The molecule has 42 heavy (non-hydrogen) atoms. The maximum atomic E-state index is 12.6. The van der Waals surface area contributed by atoms with Crippen molar-refractivity contribution in [2.24, 2.45) is 5.73 Å². The summed E-state index contributed by atoms with van der Waals surface area (Å²) in [7, 11) is -2.11. The molecule has 2 aromatic heterocycles. The van der Waals surface area contributed by atoms with Gasteiger partial charge < -0.3 is 21.3 Å². The molecule has 0 unspecified atom stereocenters. The standard InChI is InChI=1S/C30H37N9O2S/c1-6-20-17-25(19(3)16-26(20)39-14-10-22(31)11-15-39)36-30-34-18-21(7-2)29(37-30)35-24-9-8-23-27(33-13-12-32-23)28(24)38(4)42(5,40)41/h7-9,12-13,16-18,22H,2,6,10-11,14-15,31H2,1,3-5H3,(H2,34,35,36,37). The van der Waals surface area contributed by atoms with Gasteiger partial charge in [-0.3, -0.25) is 14.3 Å². The van der Waals surface area contributed by atoms with E-state index in [0.717, 1.165) is 49.9 Å². The number of aromatic nitrogens is 4. The lowest BCUT2D eigenvalue weighted by molar-refractivity contribution is 0.500. The highest BCUT2D eigenvalue weighted by molar-refractivity contribution is 7.92.